The first-order chi connectivity index (χ1) is 17.7. The summed E-state index contributed by atoms with van der Waals surface area (Å²) in [4.78, 5) is 2.55. The molecule has 178 valence electrons. The molecule has 0 amide bonds. The number of allylic oxidation sites excluding steroid dienone is 2. The standard InChI is InChI=1S/C34H31IN/c1-3-10-24-18-19-28(30(35)21-24)33-23(2)17-20-32-34(33)29-15-7-8-16-31(29)36(32)27-14-9-13-26(22-27)25-11-5-4-6-12-25/h4-9,11-22,32,34-35H,3,10H2,1-2H3/q+1. The molecule has 2 heteroatoms. The Labute approximate surface area is 228 Å². The Morgan fingerprint density at radius 2 is 1.58 bits per heavy atom. The molecule has 1 aliphatic carbocycles. The van der Waals surface area contributed by atoms with Gasteiger partial charge in [0.15, 0.2) is 3.57 Å². The fraction of sp³-hybridized carbons (Fsp3) is 0.176. The van der Waals surface area contributed by atoms with E-state index in [2.05, 4.69) is 151 Å². The van der Waals surface area contributed by atoms with Gasteiger partial charge < -0.3 is 4.90 Å². The quantitative estimate of drug-likeness (QED) is 0.286. The van der Waals surface area contributed by atoms with E-state index < -0.39 is 0 Å². The summed E-state index contributed by atoms with van der Waals surface area (Å²) in [6.07, 6.45) is 7.08. The number of anilines is 2. The van der Waals surface area contributed by atoms with Crippen molar-refractivity contribution in [2.75, 3.05) is 4.90 Å². The van der Waals surface area contributed by atoms with Gasteiger partial charge in [0.1, 0.15) is 0 Å². The molecule has 2 atom stereocenters. The molecule has 0 fully saturated rings. The molecule has 4 aromatic carbocycles. The number of para-hydroxylation sites is 1. The van der Waals surface area contributed by atoms with Gasteiger partial charge in [-0.2, -0.15) is 0 Å². The maximum Gasteiger partial charge on any atom is 0.297 e. The van der Waals surface area contributed by atoms with Gasteiger partial charge in [-0.25, -0.2) is 0 Å². The Bertz CT molecular complexity index is 1480. The van der Waals surface area contributed by atoms with Gasteiger partial charge in [0.25, 0.3) is 22.6 Å². The van der Waals surface area contributed by atoms with Crippen molar-refractivity contribution in [3.05, 3.63) is 135 Å². The molecule has 0 N–H and O–H groups in total. The number of fused-ring (bicyclic) bond motifs is 3. The van der Waals surface area contributed by atoms with Crippen molar-refractivity contribution in [2.45, 2.75) is 38.6 Å². The van der Waals surface area contributed by atoms with Crippen LogP contribution >= 0.6 is 0 Å². The van der Waals surface area contributed by atoms with E-state index in [4.69, 9.17) is 0 Å². The second-order valence-corrected chi connectivity index (χ2v) is 11.1. The number of hydrogen-bond acceptors (Lipinski definition) is 1. The number of benzene rings is 4. The van der Waals surface area contributed by atoms with E-state index in [9.17, 15) is 0 Å². The zero-order valence-corrected chi connectivity index (χ0v) is 23.1. The number of aryl methyl sites for hydroxylation is 1. The first-order valence-electron chi connectivity index (χ1n) is 12.9. The average Bonchev–Trinajstić information content (AvgIpc) is 3.24. The van der Waals surface area contributed by atoms with Crippen molar-refractivity contribution in [1.82, 2.24) is 0 Å². The molecule has 0 radical (unpaired) electrons. The molecular weight excluding hydrogens is 549 g/mol. The Balaban J connectivity index is 1.47. The van der Waals surface area contributed by atoms with E-state index >= 15 is 0 Å². The van der Waals surface area contributed by atoms with Crippen molar-refractivity contribution in [3.8, 4) is 11.1 Å². The van der Waals surface area contributed by atoms with Crippen molar-refractivity contribution in [3.63, 3.8) is 0 Å². The molecule has 36 heavy (non-hydrogen) atoms. The lowest BCUT2D eigenvalue weighted by molar-refractivity contribution is -0.328. The molecule has 2 unspecified atom stereocenters. The van der Waals surface area contributed by atoms with Gasteiger partial charge in [-0.15, -0.1) is 0 Å². The Hall–Kier alpha value is -3.11. The molecule has 1 nitrogen and oxygen atoms in total. The van der Waals surface area contributed by atoms with Gasteiger partial charge in [-0.05, 0) is 77.1 Å². The maximum atomic E-state index is 2.55. The molecular formula is C34H31IN+. The lowest BCUT2D eigenvalue weighted by atomic mass is 9.78. The third-order valence-corrected chi connectivity index (χ3v) is 8.52. The maximum absolute atomic E-state index is 2.55. The van der Waals surface area contributed by atoms with Crippen molar-refractivity contribution in [1.29, 1.82) is 0 Å². The average molecular weight is 581 g/mol. The van der Waals surface area contributed by atoms with Gasteiger partial charge >= 0.3 is 0 Å². The summed E-state index contributed by atoms with van der Waals surface area (Å²) in [6.45, 7) is 4.54. The summed E-state index contributed by atoms with van der Waals surface area (Å²) in [5, 5.41) is 0. The topological polar surface area (TPSA) is 3.24 Å². The van der Waals surface area contributed by atoms with Crippen LogP contribution in [0.3, 0.4) is 0 Å². The van der Waals surface area contributed by atoms with E-state index in [1.807, 2.05) is 0 Å². The van der Waals surface area contributed by atoms with E-state index in [0.29, 0.717) is 5.92 Å². The third-order valence-electron chi connectivity index (χ3n) is 7.56. The molecule has 0 aromatic heterocycles. The summed E-state index contributed by atoms with van der Waals surface area (Å²) in [7, 11) is 0. The summed E-state index contributed by atoms with van der Waals surface area (Å²) < 4.78 is 1.39. The molecule has 1 heterocycles. The Morgan fingerprint density at radius 3 is 2.39 bits per heavy atom. The summed E-state index contributed by atoms with van der Waals surface area (Å²) >= 11 is 2.19. The SMILES string of the molecule is CCCc1ccc(C2=C(C)C=CC3C2c2ccccc2N3c2cccc(-c3ccccc3)c2)c([IH+])c1. The Kier molecular flexibility index (Phi) is 6.30. The predicted molar refractivity (Wildman–Crippen MR) is 149 cm³/mol. The molecule has 2 aliphatic rings. The van der Waals surface area contributed by atoms with Crippen molar-refractivity contribution >= 4 is 16.9 Å². The fourth-order valence-corrected chi connectivity index (χ4v) is 6.90. The van der Waals surface area contributed by atoms with Crippen LogP contribution in [0.5, 0.6) is 0 Å². The van der Waals surface area contributed by atoms with Crippen LogP contribution in [0.2, 0.25) is 0 Å². The van der Waals surface area contributed by atoms with Crippen molar-refractivity contribution in [2.24, 2.45) is 0 Å². The highest BCUT2D eigenvalue weighted by Crippen LogP contribution is 2.53. The van der Waals surface area contributed by atoms with Crippen LogP contribution in [0.4, 0.5) is 11.4 Å². The molecule has 6 rings (SSSR count). The predicted octanol–water partition coefficient (Wildman–Crippen LogP) is 5.41. The molecule has 0 saturated heterocycles. The molecule has 0 spiro atoms. The van der Waals surface area contributed by atoms with Crippen LogP contribution in [-0.4, -0.2) is 6.04 Å². The smallest absolute Gasteiger partial charge is 0.297 e. The molecule has 0 saturated carbocycles. The zero-order chi connectivity index (χ0) is 24.6. The molecule has 4 aromatic rings. The summed E-state index contributed by atoms with van der Waals surface area (Å²) in [5.41, 5.74) is 12.2. The van der Waals surface area contributed by atoms with E-state index in [1.54, 1.807) is 0 Å². The summed E-state index contributed by atoms with van der Waals surface area (Å²) in [6, 6.07) is 36.1. The first kappa shape index (κ1) is 23.3. The van der Waals surface area contributed by atoms with Gasteiger partial charge in [0, 0.05) is 22.9 Å². The number of hydrogen-bond donors (Lipinski definition) is 0. The highest BCUT2D eigenvalue weighted by molar-refractivity contribution is 5.87. The minimum atomic E-state index is 0.253. The molecule has 0 bridgehead atoms. The van der Waals surface area contributed by atoms with E-state index in [-0.39, 0.29) is 6.04 Å². The number of rotatable bonds is 5. The fourth-order valence-electron chi connectivity index (χ4n) is 5.96. The highest BCUT2D eigenvalue weighted by atomic mass is 127. The van der Waals surface area contributed by atoms with Crippen LogP contribution < -0.4 is 27.5 Å². The van der Waals surface area contributed by atoms with E-state index in [0.717, 1.165) is 6.42 Å². The van der Waals surface area contributed by atoms with Gasteiger partial charge in [0.2, 0.25) is 0 Å². The minimum absolute atomic E-state index is 0.253. The van der Waals surface area contributed by atoms with Crippen LogP contribution in [-0.2, 0) is 6.42 Å². The minimum Gasteiger partial charge on any atom is -0.333 e. The monoisotopic (exact) mass is 580 g/mol. The second-order valence-electron chi connectivity index (χ2n) is 9.85. The Morgan fingerprint density at radius 1 is 0.806 bits per heavy atom. The van der Waals surface area contributed by atoms with Crippen LogP contribution in [0.1, 0.15) is 42.9 Å². The van der Waals surface area contributed by atoms with Gasteiger partial charge in [-0.3, -0.25) is 0 Å². The van der Waals surface area contributed by atoms with Crippen LogP contribution in [0.15, 0.2) is 115 Å². The lowest BCUT2D eigenvalue weighted by Gasteiger charge is -2.33. The lowest BCUT2D eigenvalue weighted by Crippen LogP contribution is -3.34. The first-order valence-corrected chi connectivity index (χ1v) is 14.0. The van der Waals surface area contributed by atoms with Crippen LogP contribution in [0.25, 0.3) is 16.7 Å². The van der Waals surface area contributed by atoms with Crippen molar-refractivity contribution < 1.29 is 22.6 Å². The zero-order valence-electron chi connectivity index (χ0n) is 20.8. The largest absolute Gasteiger partial charge is 0.333 e. The molecule has 1 aliphatic heterocycles. The number of nitrogens with zero attached hydrogens (tertiary/aromatic N) is 1. The summed E-state index contributed by atoms with van der Waals surface area (Å²) in [5.74, 6) is 0.309. The van der Waals surface area contributed by atoms with Crippen LogP contribution in [0, 0.1) is 3.57 Å². The van der Waals surface area contributed by atoms with E-state index in [1.165, 1.54) is 60.3 Å². The second kappa shape index (κ2) is 9.74. The number of halogens is 1. The highest BCUT2D eigenvalue weighted by Gasteiger charge is 2.42. The van der Waals surface area contributed by atoms with Gasteiger partial charge in [0.05, 0.1) is 6.04 Å². The third kappa shape index (κ3) is 4.02. The normalized spacial score (nSPS) is 18.4. The van der Waals surface area contributed by atoms with Gasteiger partial charge in [-0.1, -0.05) is 92.2 Å².